The summed E-state index contributed by atoms with van der Waals surface area (Å²) >= 11 is 0. The fourth-order valence-corrected chi connectivity index (χ4v) is 3.31. The van der Waals surface area contributed by atoms with Crippen LogP contribution in [0.1, 0.15) is 11.1 Å². The lowest BCUT2D eigenvalue weighted by atomic mass is 9.97. The van der Waals surface area contributed by atoms with Gasteiger partial charge in [-0.2, -0.15) is 0 Å². The van der Waals surface area contributed by atoms with Gasteiger partial charge in [-0.25, -0.2) is 4.39 Å². The van der Waals surface area contributed by atoms with Gasteiger partial charge >= 0.3 is 0 Å². The molecule has 2 aliphatic rings. The van der Waals surface area contributed by atoms with Crippen molar-refractivity contribution < 1.29 is 9.18 Å². The first-order valence-corrected chi connectivity index (χ1v) is 7.82. The van der Waals surface area contributed by atoms with E-state index in [0.29, 0.717) is 24.4 Å². The first-order chi connectivity index (χ1) is 11.6. The number of hydrogen-bond donors (Lipinski definition) is 1. The number of amides is 1. The molecule has 0 aliphatic carbocycles. The Hall–Kier alpha value is -2.73. The zero-order chi connectivity index (χ0) is 16.8. The smallest absolute Gasteiger partial charge is 0.266 e. The Kier molecular flexibility index (Phi) is 3.35. The molecule has 0 saturated carbocycles. The Morgan fingerprint density at radius 1 is 1.12 bits per heavy atom. The van der Waals surface area contributed by atoms with Crippen LogP contribution in [0.5, 0.6) is 0 Å². The lowest BCUT2D eigenvalue weighted by molar-refractivity contribution is -0.119. The second kappa shape index (κ2) is 5.42. The van der Waals surface area contributed by atoms with Crippen LogP contribution in [0.2, 0.25) is 0 Å². The number of nitrogens with two attached hydrogens (primary N) is 1. The number of carbonyl (C=O) groups is 1. The van der Waals surface area contributed by atoms with Crippen LogP contribution in [0, 0.1) is 5.82 Å². The van der Waals surface area contributed by atoms with Gasteiger partial charge < -0.3 is 15.5 Å². The van der Waals surface area contributed by atoms with Crippen LogP contribution < -0.4 is 15.5 Å². The molecule has 1 amide bonds. The zero-order valence-corrected chi connectivity index (χ0v) is 13.2. The average Bonchev–Trinajstić information content (AvgIpc) is 2.69. The van der Waals surface area contributed by atoms with Crippen molar-refractivity contribution in [1.29, 1.82) is 0 Å². The van der Waals surface area contributed by atoms with Crippen LogP contribution in [-0.4, -0.2) is 37.9 Å². The van der Waals surface area contributed by atoms with Gasteiger partial charge in [-0.3, -0.25) is 9.79 Å². The van der Waals surface area contributed by atoms with Crippen LogP contribution in [0.25, 0.3) is 0 Å². The summed E-state index contributed by atoms with van der Waals surface area (Å²) in [4.78, 5) is 20.8. The van der Waals surface area contributed by atoms with Gasteiger partial charge in [0, 0.05) is 31.3 Å². The molecular weight excluding hydrogens is 307 g/mol. The van der Waals surface area contributed by atoms with Gasteiger partial charge in [0.15, 0.2) is 6.17 Å². The van der Waals surface area contributed by atoms with E-state index >= 15 is 0 Å². The van der Waals surface area contributed by atoms with Crippen molar-refractivity contribution in [2.45, 2.75) is 6.17 Å². The quantitative estimate of drug-likeness (QED) is 0.869. The summed E-state index contributed by atoms with van der Waals surface area (Å²) in [5, 5.41) is 0. The van der Waals surface area contributed by atoms with Crippen molar-refractivity contribution in [2.24, 2.45) is 10.7 Å². The highest BCUT2D eigenvalue weighted by atomic mass is 19.1. The predicted molar refractivity (Wildman–Crippen MR) is 92.1 cm³/mol. The second-order valence-corrected chi connectivity index (χ2v) is 5.99. The van der Waals surface area contributed by atoms with E-state index in [1.807, 2.05) is 25.2 Å². The number of halogens is 1. The lowest BCUT2D eigenvalue weighted by Crippen LogP contribution is -2.48. The molecule has 0 spiro atoms. The van der Waals surface area contributed by atoms with Gasteiger partial charge in [0.05, 0.1) is 17.1 Å². The van der Waals surface area contributed by atoms with Gasteiger partial charge in [-0.05, 0) is 18.2 Å². The van der Waals surface area contributed by atoms with E-state index in [1.165, 1.54) is 6.07 Å². The van der Waals surface area contributed by atoms with Gasteiger partial charge in [-0.1, -0.05) is 24.3 Å². The second-order valence-electron chi connectivity index (χ2n) is 5.99. The number of para-hydroxylation sites is 1. The molecule has 1 atom stereocenters. The standard InChI is InChI=1S/C18H17FN4O/c1-22-9-10-23-16-12(6-4-8-14(16)22)15(21-17(20)18(23)24)11-5-2-3-7-13(11)19/h2-8,17H,9-10,20H2,1H3/t17-/m1/s1. The summed E-state index contributed by atoms with van der Waals surface area (Å²) < 4.78 is 14.4. The summed E-state index contributed by atoms with van der Waals surface area (Å²) in [6, 6.07) is 12.1. The number of nitrogens with zero attached hydrogens (tertiary/aromatic N) is 3. The summed E-state index contributed by atoms with van der Waals surface area (Å²) in [7, 11) is 1.97. The molecule has 6 heteroatoms. The molecule has 2 N–H and O–H groups in total. The minimum Gasteiger partial charge on any atom is -0.371 e. The van der Waals surface area contributed by atoms with E-state index in [9.17, 15) is 9.18 Å². The highest BCUT2D eigenvalue weighted by Crippen LogP contribution is 2.38. The molecular formula is C18H17FN4O. The monoisotopic (exact) mass is 324 g/mol. The van der Waals surface area contributed by atoms with Gasteiger partial charge in [0.25, 0.3) is 5.91 Å². The van der Waals surface area contributed by atoms with Crippen molar-refractivity contribution >= 4 is 23.0 Å². The topological polar surface area (TPSA) is 61.9 Å². The predicted octanol–water partition coefficient (Wildman–Crippen LogP) is 1.74. The third-order valence-corrected chi connectivity index (χ3v) is 4.53. The third kappa shape index (κ3) is 2.11. The molecule has 0 fully saturated rings. The highest BCUT2D eigenvalue weighted by molar-refractivity contribution is 6.22. The Bertz CT molecular complexity index is 864. The number of anilines is 2. The fourth-order valence-electron chi connectivity index (χ4n) is 3.31. The number of hydrogen-bond acceptors (Lipinski definition) is 4. The molecule has 2 aromatic carbocycles. The van der Waals surface area contributed by atoms with Crippen LogP contribution in [-0.2, 0) is 4.79 Å². The largest absolute Gasteiger partial charge is 0.371 e. The van der Waals surface area contributed by atoms with Crippen molar-refractivity contribution in [1.82, 2.24) is 0 Å². The van der Waals surface area contributed by atoms with Gasteiger partial charge in [-0.15, -0.1) is 0 Å². The van der Waals surface area contributed by atoms with E-state index in [2.05, 4.69) is 9.89 Å². The number of benzene rings is 2. The molecule has 2 aromatic rings. The molecule has 0 radical (unpaired) electrons. The first-order valence-electron chi connectivity index (χ1n) is 7.82. The SMILES string of the molecule is CN1CCN2C(=O)[C@H](N)N=C(c3ccccc3F)c3cccc1c32. The zero-order valence-electron chi connectivity index (χ0n) is 13.2. The molecule has 0 unspecified atom stereocenters. The Morgan fingerprint density at radius 2 is 1.88 bits per heavy atom. The van der Waals surface area contributed by atoms with Gasteiger partial charge in [0.1, 0.15) is 5.82 Å². The molecule has 0 bridgehead atoms. The van der Waals surface area contributed by atoms with Crippen molar-refractivity contribution in [3.05, 3.63) is 59.4 Å². The highest BCUT2D eigenvalue weighted by Gasteiger charge is 2.35. The van der Waals surface area contributed by atoms with Crippen molar-refractivity contribution in [3.8, 4) is 0 Å². The lowest BCUT2D eigenvalue weighted by Gasteiger charge is -2.36. The van der Waals surface area contributed by atoms with Crippen LogP contribution in [0.15, 0.2) is 47.5 Å². The van der Waals surface area contributed by atoms with Crippen molar-refractivity contribution in [3.63, 3.8) is 0 Å². The number of aliphatic imine (C=N–C) groups is 1. The summed E-state index contributed by atoms with van der Waals surface area (Å²) in [6.45, 7) is 1.25. The van der Waals surface area contributed by atoms with Crippen molar-refractivity contribution in [2.75, 3.05) is 29.9 Å². The number of likely N-dealkylation sites (N-methyl/N-ethyl adjacent to an activating group) is 1. The van der Waals surface area contributed by atoms with E-state index in [0.717, 1.165) is 16.9 Å². The normalized spacial score (nSPS) is 19.7. The summed E-state index contributed by atoms with van der Waals surface area (Å²) in [5.74, 6) is -0.644. The molecule has 24 heavy (non-hydrogen) atoms. The number of carbonyl (C=O) groups excluding carboxylic acids is 1. The molecule has 2 aliphatic heterocycles. The Morgan fingerprint density at radius 3 is 2.67 bits per heavy atom. The molecule has 122 valence electrons. The van der Waals surface area contributed by atoms with Crippen LogP contribution in [0.3, 0.4) is 0 Å². The Labute approximate surface area is 139 Å². The van der Waals surface area contributed by atoms with E-state index in [4.69, 9.17) is 5.73 Å². The minimum atomic E-state index is -1.04. The maximum Gasteiger partial charge on any atom is 0.266 e. The Balaban J connectivity index is 2.02. The molecule has 0 aromatic heterocycles. The van der Waals surface area contributed by atoms with Crippen LogP contribution in [0.4, 0.5) is 15.8 Å². The maximum absolute atomic E-state index is 14.4. The van der Waals surface area contributed by atoms with Gasteiger partial charge in [0.2, 0.25) is 0 Å². The molecule has 0 saturated heterocycles. The summed E-state index contributed by atoms with van der Waals surface area (Å²) in [5.41, 5.74) is 9.17. The van der Waals surface area contributed by atoms with E-state index in [-0.39, 0.29) is 11.7 Å². The average molecular weight is 324 g/mol. The van der Waals surface area contributed by atoms with E-state index in [1.54, 1.807) is 23.1 Å². The number of rotatable bonds is 1. The molecule has 5 nitrogen and oxygen atoms in total. The maximum atomic E-state index is 14.4. The minimum absolute atomic E-state index is 0.261. The first kappa shape index (κ1) is 14.8. The molecule has 4 rings (SSSR count). The third-order valence-electron chi connectivity index (χ3n) is 4.53. The van der Waals surface area contributed by atoms with Crippen LogP contribution >= 0.6 is 0 Å². The fraction of sp³-hybridized carbons (Fsp3) is 0.222. The molecule has 2 heterocycles. The van der Waals surface area contributed by atoms with E-state index < -0.39 is 6.17 Å². The summed E-state index contributed by atoms with van der Waals surface area (Å²) in [6.07, 6.45) is -1.04.